The average Bonchev–Trinajstić information content (AvgIpc) is 3.09. The van der Waals surface area contributed by atoms with E-state index in [1.165, 1.54) is 72.2 Å². The summed E-state index contributed by atoms with van der Waals surface area (Å²) in [6.45, 7) is 17.1. The fourth-order valence-corrected chi connectivity index (χ4v) is 7.00. The highest BCUT2D eigenvalue weighted by molar-refractivity contribution is 8.04. The topological polar surface area (TPSA) is 15.3 Å². The van der Waals surface area contributed by atoms with E-state index < -0.39 is 0 Å². The van der Waals surface area contributed by atoms with Gasteiger partial charge in [0, 0.05) is 34.9 Å². The quantitative estimate of drug-likeness (QED) is 0.187. The summed E-state index contributed by atoms with van der Waals surface area (Å²) in [6.07, 6.45) is 13.4. The standard InChI is InChI=1S/C29H44N2S2/c1-7-9-10-13-24-16-21(4)28(25-14-11-12-20(3)15-25)26(17-24)18-30-19-27-22(5)31(8-2)29(33-27)23(6)32/h8,15-17,23,25,29-30,32H,2,7,9-14,18-19H2,1,3-6H3. The molecule has 3 atom stereocenters. The van der Waals surface area contributed by atoms with Crippen LogP contribution in [0.25, 0.3) is 0 Å². The van der Waals surface area contributed by atoms with E-state index >= 15 is 0 Å². The van der Waals surface area contributed by atoms with Crippen molar-refractivity contribution in [1.29, 1.82) is 0 Å². The van der Waals surface area contributed by atoms with Crippen molar-refractivity contribution in [3.8, 4) is 0 Å². The fourth-order valence-electron chi connectivity index (χ4n) is 5.37. The van der Waals surface area contributed by atoms with Gasteiger partial charge in [-0.2, -0.15) is 12.6 Å². The van der Waals surface area contributed by atoms with E-state index in [1.807, 2.05) is 18.0 Å². The van der Waals surface area contributed by atoms with Crippen LogP contribution in [0.4, 0.5) is 0 Å². The van der Waals surface area contributed by atoms with Gasteiger partial charge in [-0.05, 0) is 81.3 Å². The minimum absolute atomic E-state index is 0.288. The molecule has 0 radical (unpaired) electrons. The van der Waals surface area contributed by atoms with Crippen LogP contribution in [0.3, 0.4) is 0 Å². The average molecular weight is 485 g/mol. The molecule has 1 aromatic carbocycles. The first-order chi connectivity index (χ1) is 15.8. The maximum absolute atomic E-state index is 4.71. The van der Waals surface area contributed by atoms with E-state index in [9.17, 15) is 0 Å². The van der Waals surface area contributed by atoms with Gasteiger partial charge >= 0.3 is 0 Å². The number of hydrogen-bond acceptors (Lipinski definition) is 4. The number of rotatable bonds is 11. The number of aryl methyl sites for hydroxylation is 2. The second-order valence-corrected chi connectivity index (χ2v) is 11.9. The summed E-state index contributed by atoms with van der Waals surface area (Å²) in [4.78, 5) is 3.69. The SMILES string of the molecule is C=CN1C(C)=C(CNCc2cc(CCCCC)cc(C)c2C2C=C(C)CCC2)SC1C(C)S. The predicted octanol–water partition coefficient (Wildman–Crippen LogP) is 8.10. The fraction of sp³-hybridized carbons (Fsp3) is 0.586. The third kappa shape index (κ3) is 6.74. The summed E-state index contributed by atoms with van der Waals surface area (Å²) in [7, 11) is 0. The lowest BCUT2D eigenvalue weighted by Crippen LogP contribution is -2.28. The molecule has 2 aliphatic rings. The van der Waals surface area contributed by atoms with Crippen LogP contribution in [0.1, 0.15) is 94.4 Å². The second-order valence-electron chi connectivity index (χ2n) is 9.91. The molecule has 0 fully saturated rings. The van der Waals surface area contributed by atoms with Crippen molar-refractivity contribution in [2.24, 2.45) is 0 Å². The molecule has 4 heteroatoms. The molecule has 182 valence electrons. The Bertz CT molecular complexity index is 884. The lowest BCUT2D eigenvalue weighted by Gasteiger charge is -2.25. The van der Waals surface area contributed by atoms with Crippen LogP contribution in [0.2, 0.25) is 0 Å². The molecule has 0 saturated carbocycles. The number of thiol groups is 1. The van der Waals surface area contributed by atoms with Gasteiger partial charge in [0.25, 0.3) is 0 Å². The van der Waals surface area contributed by atoms with Gasteiger partial charge in [0.1, 0.15) is 0 Å². The molecule has 33 heavy (non-hydrogen) atoms. The maximum Gasteiger partial charge on any atom is 0.0947 e. The molecule has 3 unspecified atom stereocenters. The molecule has 0 bridgehead atoms. The van der Waals surface area contributed by atoms with Gasteiger partial charge in [-0.15, -0.1) is 11.8 Å². The zero-order valence-electron chi connectivity index (χ0n) is 21.4. The molecule has 1 aliphatic carbocycles. The molecule has 0 spiro atoms. The number of hydrogen-bond donors (Lipinski definition) is 2. The van der Waals surface area contributed by atoms with Gasteiger partial charge in [0.2, 0.25) is 0 Å². The van der Waals surface area contributed by atoms with E-state index in [0.717, 1.165) is 13.1 Å². The van der Waals surface area contributed by atoms with E-state index in [-0.39, 0.29) is 5.25 Å². The highest BCUT2D eigenvalue weighted by Crippen LogP contribution is 2.41. The van der Waals surface area contributed by atoms with Crippen LogP contribution in [0, 0.1) is 6.92 Å². The Morgan fingerprint density at radius 2 is 2.03 bits per heavy atom. The summed E-state index contributed by atoms with van der Waals surface area (Å²) in [6, 6.07) is 4.97. The van der Waals surface area contributed by atoms with Crippen molar-refractivity contribution in [2.75, 3.05) is 6.54 Å². The molecule has 0 amide bonds. The Kier molecular flexibility index (Phi) is 10.1. The molecule has 1 N–H and O–H groups in total. The zero-order valence-corrected chi connectivity index (χ0v) is 23.1. The van der Waals surface area contributed by atoms with Crippen molar-refractivity contribution in [3.63, 3.8) is 0 Å². The molecular weight excluding hydrogens is 440 g/mol. The van der Waals surface area contributed by atoms with Crippen molar-refractivity contribution >= 4 is 24.4 Å². The Balaban J connectivity index is 1.79. The van der Waals surface area contributed by atoms with Gasteiger partial charge < -0.3 is 10.2 Å². The Hall–Kier alpha value is -1.10. The van der Waals surface area contributed by atoms with Gasteiger partial charge in [-0.25, -0.2) is 0 Å². The smallest absolute Gasteiger partial charge is 0.0947 e. The first kappa shape index (κ1) is 26.5. The van der Waals surface area contributed by atoms with Gasteiger partial charge in [-0.3, -0.25) is 0 Å². The van der Waals surface area contributed by atoms with Gasteiger partial charge in [0.05, 0.1) is 5.37 Å². The second kappa shape index (κ2) is 12.6. The number of thioether (sulfide) groups is 1. The van der Waals surface area contributed by atoms with E-state index in [4.69, 9.17) is 12.6 Å². The molecule has 1 aliphatic heterocycles. The number of unbranched alkanes of at least 4 members (excludes halogenated alkanes) is 2. The zero-order chi connectivity index (χ0) is 24.0. The van der Waals surface area contributed by atoms with Crippen LogP contribution in [0.5, 0.6) is 0 Å². The molecule has 1 aromatic rings. The summed E-state index contributed by atoms with van der Waals surface area (Å²) >= 11 is 6.64. The first-order valence-corrected chi connectivity index (χ1v) is 14.2. The van der Waals surface area contributed by atoms with Crippen molar-refractivity contribution in [1.82, 2.24) is 10.2 Å². The maximum atomic E-state index is 4.71. The van der Waals surface area contributed by atoms with E-state index in [2.05, 4.69) is 69.6 Å². The third-order valence-electron chi connectivity index (χ3n) is 7.08. The molecule has 0 aromatic heterocycles. The highest BCUT2D eigenvalue weighted by atomic mass is 32.2. The summed E-state index contributed by atoms with van der Waals surface area (Å²) < 4.78 is 0. The number of nitrogens with zero attached hydrogens (tertiary/aromatic N) is 1. The Morgan fingerprint density at radius 1 is 1.24 bits per heavy atom. The van der Waals surface area contributed by atoms with Crippen LogP contribution in [0.15, 0.2) is 47.2 Å². The Morgan fingerprint density at radius 3 is 2.67 bits per heavy atom. The van der Waals surface area contributed by atoms with Crippen LogP contribution < -0.4 is 5.32 Å². The Labute approximate surface area is 212 Å². The number of nitrogens with one attached hydrogen (secondary N) is 1. The largest absolute Gasteiger partial charge is 0.338 e. The molecule has 0 saturated heterocycles. The molecule has 3 rings (SSSR count). The van der Waals surface area contributed by atoms with Crippen molar-refractivity contribution in [2.45, 2.75) is 103 Å². The van der Waals surface area contributed by atoms with E-state index in [1.54, 1.807) is 11.1 Å². The molecule has 2 nitrogen and oxygen atoms in total. The van der Waals surface area contributed by atoms with Gasteiger partial charge in [0.15, 0.2) is 0 Å². The molecular formula is C29H44N2S2. The van der Waals surface area contributed by atoms with Crippen molar-refractivity contribution < 1.29 is 0 Å². The lowest BCUT2D eigenvalue weighted by atomic mass is 9.81. The minimum atomic E-state index is 0.288. The third-order valence-corrected chi connectivity index (χ3v) is 9.17. The minimum Gasteiger partial charge on any atom is -0.338 e. The number of benzene rings is 1. The predicted molar refractivity (Wildman–Crippen MR) is 151 cm³/mol. The van der Waals surface area contributed by atoms with Gasteiger partial charge in [-0.1, -0.05) is 57.0 Å². The summed E-state index contributed by atoms with van der Waals surface area (Å²) in [5.74, 6) is 0.563. The molecule has 1 heterocycles. The van der Waals surface area contributed by atoms with Crippen molar-refractivity contribution in [3.05, 3.63) is 69.4 Å². The lowest BCUT2D eigenvalue weighted by molar-refractivity contribution is 0.445. The summed E-state index contributed by atoms with van der Waals surface area (Å²) in [5, 5.41) is 4.42. The summed E-state index contributed by atoms with van der Waals surface area (Å²) in [5.41, 5.74) is 8.91. The van der Waals surface area contributed by atoms with Crippen LogP contribution >= 0.6 is 24.4 Å². The van der Waals surface area contributed by atoms with Crippen LogP contribution in [-0.2, 0) is 13.0 Å². The monoisotopic (exact) mass is 484 g/mol. The normalized spacial score (nSPS) is 22.0. The van der Waals surface area contributed by atoms with E-state index in [0.29, 0.717) is 11.3 Å². The number of allylic oxidation sites excluding steroid dienone is 3. The van der Waals surface area contributed by atoms with Crippen LogP contribution in [-0.4, -0.2) is 22.1 Å². The first-order valence-electron chi connectivity index (χ1n) is 12.8. The highest BCUT2D eigenvalue weighted by Gasteiger charge is 2.31.